The molecule has 4 aromatic rings. The minimum Gasteiger partial charge on any atom is -0.491 e. The standard InChI is InChI=1S/C30H36F2N3O6P/c1-20-4-9-25-26-18-22(19-34-28(26)29(33)35-27(25)16-20)5-6-23-7-8-24(17-21(23)2)41-15-14-40-13-12-39-11-3-10-30(31,32)42(36,37)38/h4,7-9,16-19H,3,5-6,10-15H2,1-2H3,(H2,33,35)(H2,36,37,38). The molecular formula is C30H36F2N3O6P. The second-order valence-electron chi connectivity index (χ2n) is 10.2. The van der Waals surface area contributed by atoms with Gasteiger partial charge in [0, 0.05) is 30.0 Å². The predicted octanol–water partition coefficient (Wildman–Crippen LogP) is 5.73. The maximum absolute atomic E-state index is 13.2. The van der Waals surface area contributed by atoms with Crippen molar-refractivity contribution in [3.63, 3.8) is 0 Å². The third kappa shape index (κ3) is 8.20. The number of hydrogen-bond donors (Lipinski definition) is 3. The van der Waals surface area contributed by atoms with Gasteiger partial charge in [0.1, 0.15) is 17.9 Å². The van der Waals surface area contributed by atoms with Crippen molar-refractivity contribution in [3.05, 3.63) is 70.9 Å². The first-order chi connectivity index (χ1) is 19.9. The van der Waals surface area contributed by atoms with Crippen molar-refractivity contribution in [3.8, 4) is 5.75 Å². The quantitative estimate of drug-likeness (QED) is 0.0884. The van der Waals surface area contributed by atoms with Gasteiger partial charge in [-0.1, -0.05) is 18.2 Å². The van der Waals surface area contributed by atoms with Gasteiger partial charge in [0.15, 0.2) is 5.82 Å². The van der Waals surface area contributed by atoms with E-state index in [1.807, 2.05) is 38.2 Å². The number of rotatable bonds is 15. The van der Waals surface area contributed by atoms with E-state index in [9.17, 15) is 13.3 Å². The maximum atomic E-state index is 13.2. The molecule has 0 saturated heterocycles. The zero-order valence-electron chi connectivity index (χ0n) is 23.7. The van der Waals surface area contributed by atoms with Gasteiger partial charge in [0.2, 0.25) is 0 Å². The number of nitrogens with two attached hydrogens (primary N) is 1. The van der Waals surface area contributed by atoms with E-state index in [2.05, 4.69) is 34.2 Å². The Hall–Kier alpha value is -3.21. The number of anilines is 1. The van der Waals surface area contributed by atoms with E-state index in [1.54, 1.807) is 0 Å². The van der Waals surface area contributed by atoms with Crippen molar-refractivity contribution in [1.82, 2.24) is 9.97 Å². The highest BCUT2D eigenvalue weighted by molar-refractivity contribution is 7.53. The van der Waals surface area contributed by atoms with Crippen LogP contribution in [-0.4, -0.2) is 58.5 Å². The van der Waals surface area contributed by atoms with E-state index in [1.165, 1.54) is 5.56 Å². The molecule has 4 rings (SSSR count). The summed E-state index contributed by atoms with van der Waals surface area (Å²) in [5, 5.41) is 2.05. The molecule has 0 atom stereocenters. The summed E-state index contributed by atoms with van der Waals surface area (Å²) in [6.45, 7) is 5.13. The van der Waals surface area contributed by atoms with E-state index < -0.39 is 19.7 Å². The highest BCUT2D eigenvalue weighted by Gasteiger charge is 2.47. The van der Waals surface area contributed by atoms with Gasteiger partial charge in [-0.15, -0.1) is 0 Å². The Labute approximate surface area is 243 Å². The van der Waals surface area contributed by atoms with Crippen LogP contribution in [0.4, 0.5) is 14.6 Å². The van der Waals surface area contributed by atoms with Crippen LogP contribution < -0.4 is 10.5 Å². The fourth-order valence-electron chi connectivity index (χ4n) is 4.59. The smallest absolute Gasteiger partial charge is 0.394 e. The highest BCUT2D eigenvalue weighted by Crippen LogP contribution is 2.55. The lowest BCUT2D eigenvalue weighted by Crippen LogP contribution is -2.17. The summed E-state index contributed by atoms with van der Waals surface area (Å²) in [6.07, 6.45) is 2.43. The molecule has 0 aliphatic carbocycles. The van der Waals surface area contributed by atoms with Gasteiger partial charge in [0.25, 0.3) is 0 Å². The number of nitrogens with zero attached hydrogens (tertiary/aromatic N) is 2. The molecule has 2 heterocycles. The van der Waals surface area contributed by atoms with E-state index in [-0.39, 0.29) is 26.2 Å². The van der Waals surface area contributed by atoms with Crippen LogP contribution in [0, 0.1) is 13.8 Å². The molecule has 0 aliphatic rings. The molecule has 42 heavy (non-hydrogen) atoms. The molecular weight excluding hydrogens is 567 g/mol. The van der Waals surface area contributed by atoms with Gasteiger partial charge < -0.3 is 29.7 Å². The number of alkyl halides is 2. The second-order valence-corrected chi connectivity index (χ2v) is 12.0. The van der Waals surface area contributed by atoms with Crippen LogP contribution in [0.5, 0.6) is 5.75 Å². The summed E-state index contributed by atoms with van der Waals surface area (Å²) in [5.74, 6) is 1.17. The number of nitrogen functional groups attached to an aromatic ring is 1. The Kier molecular flexibility index (Phi) is 10.5. The molecule has 0 spiro atoms. The molecule has 0 unspecified atom stereocenters. The number of aromatic nitrogens is 2. The highest BCUT2D eigenvalue weighted by atomic mass is 31.2. The van der Waals surface area contributed by atoms with E-state index in [4.69, 9.17) is 29.7 Å². The molecule has 2 aromatic carbocycles. The van der Waals surface area contributed by atoms with Crippen LogP contribution in [0.3, 0.4) is 0 Å². The molecule has 0 radical (unpaired) electrons. The van der Waals surface area contributed by atoms with Crippen LogP contribution in [-0.2, 0) is 26.9 Å². The summed E-state index contributed by atoms with van der Waals surface area (Å²) in [4.78, 5) is 26.3. The molecule has 12 heteroatoms. The van der Waals surface area contributed by atoms with Crippen molar-refractivity contribution in [2.24, 2.45) is 0 Å². The average Bonchev–Trinajstić information content (AvgIpc) is 2.92. The number of benzene rings is 2. The fraction of sp³-hybridized carbons (Fsp3) is 0.400. The van der Waals surface area contributed by atoms with Crippen molar-refractivity contribution in [2.75, 3.05) is 38.8 Å². The first-order valence-corrected chi connectivity index (χ1v) is 15.3. The lowest BCUT2D eigenvalue weighted by atomic mass is 9.99. The van der Waals surface area contributed by atoms with Crippen LogP contribution in [0.1, 0.15) is 35.1 Å². The largest absolute Gasteiger partial charge is 0.491 e. The van der Waals surface area contributed by atoms with Crippen LogP contribution in [0.25, 0.3) is 21.8 Å². The Balaban J connectivity index is 1.19. The molecule has 226 valence electrons. The first kappa shape index (κ1) is 31.7. The number of pyridine rings is 2. The zero-order valence-corrected chi connectivity index (χ0v) is 24.6. The molecule has 0 amide bonds. The monoisotopic (exact) mass is 603 g/mol. The normalized spacial score (nSPS) is 12.3. The number of fused-ring (bicyclic) bond motifs is 3. The van der Waals surface area contributed by atoms with Crippen molar-refractivity contribution in [2.45, 2.75) is 45.2 Å². The summed E-state index contributed by atoms with van der Waals surface area (Å²) in [7, 11) is -5.44. The molecule has 0 aliphatic heterocycles. The molecule has 4 N–H and O–H groups in total. The molecule has 2 aromatic heterocycles. The summed E-state index contributed by atoms with van der Waals surface area (Å²) < 4.78 is 53.4. The van der Waals surface area contributed by atoms with Crippen molar-refractivity contribution >= 4 is 35.2 Å². The van der Waals surface area contributed by atoms with Gasteiger partial charge in [0.05, 0.1) is 25.3 Å². The summed E-state index contributed by atoms with van der Waals surface area (Å²) in [5.41, 5.74) is 8.32. The lowest BCUT2D eigenvalue weighted by Gasteiger charge is -2.17. The van der Waals surface area contributed by atoms with Crippen LogP contribution >= 0.6 is 7.60 Å². The van der Waals surface area contributed by atoms with Crippen LogP contribution in [0.2, 0.25) is 0 Å². The van der Waals surface area contributed by atoms with Gasteiger partial charge in [-0.25, -0.2) is 4.98 Å². The van der Waals surface area contributed by atoms with Gasteiger partial charge >= 0.3 is 13.3 Å². The number of hydrogen-bond acceptors (Lipinski definition) is 7. The van der Waals surface area contributed by atoms with Crippen LogP contribution in [0.15, 0.2) is 48.7 Å². The second kappa shape index (κ2) is 13.8. The maximum Gasteiger partial charge on any atom is 0.394 e. The SMILES string of the molecule is Cc1ccc2c(c1)nc(N)c1ncc(CCc3ccc(OCCOCCOCCCC(F)(F)P(=O)(O)O)cc3C)cc12. The predicted molar refractivity (Wildman–Crippen MR) is 158 cm³/mol. The van der Waals surface area contributed by atoms with E-state index in [0.717, 1.165) is 51.6 Å². The Morgan fingerprint density at radius 1 is 0.929 bits per heavy atom. The number of halogens is 2. The summed E-state index contributed by atoms with van der Waals surface area (Å²) in [6, 6.07) is 14.3. The van der Waals surface area contributed by atoms with Gasteiger partial charge in [-0.3, -0.25) is 9.55 Å². The minimum absolute atomic E-state index is 0.0405. The van der Waals surface area contributed by atoms with E-state index in [0.29, 0.717) is 24.5 Å². The molecule has 0 saturated carbocycles. The van der Waals surface area contributed by atoms with Gasteiger partial charge in [-0.2, -0.15) is 8.78 Å². The average molecular weight is 604 g/mol. The first-order valence-electron chi connectivity index (χ1n) is 13.7. The topological polar surface area (TPSA) is 137 Å². The number of aryl methyl sites for hydroxylation is 4. The molecule has 0 bridgehead atoms. The van der Waals surface area contributed by atoms with E-state index >= 15 is 0 Å². The van der Waals surface area contributed by atoms with Crippen molar-refractivity contribution in [1.29, 1.82) is 0 Å². The molecule has 9 nitrogen and oxygen atoms in total. The third-order valence-corrected chi connectivity index (χ3v) is 8.01. The van der Waals surface area contributed by atoms with Gasteiger partial charge in [-0.05, 0) is 79.6 Å². The Morgan fingerprint density at radius 2 is 1.67 bits per heavy atom. The Morgan fingerprint density at radius 3 is 2.40 bits per heavy atom. The summed E-state index contributed by atoms with van der Waals surface area (Å²) >= 11 is 0. The van der Waals surface area contributed by atoms with Crippen molar-refractivity contribution < 1.29 is 37.3 Å². The number of ether oxygens (including phenoxy) is 3. The minimum atomic E-state index is -5.44. The third-order valence-electron chi connectivity index (χ3n) is 6.93. The lowest BCUT2D eigenvalue weighted by molar-refractivity contribution is 0.0176. The fourth-order valence-corrected chi connectivity index (χ4v) is 5.04. The molecule has 0 fully saturated rings. The Bertz CT molecular complexity index is 1580. The zero-order chi connectivity index (χ0) is 30.3.